The summed E-state index contributed by atoms with van der Waals surface area (Å²) in [5.74, 6) is 0.0653. The molecule has 0 N–H and O–H groups in total. The van der Waals surface area contributed by atoms with Crippen molar-refractivity contribution >= 4 is 17.3 Å². The number of benzene rings is 2. The fourth-order valence-corrected chi connectivity index (χ4v) is 1.69. The van der Waals surface area contributed by atoms with E-state index in [0.717, 1.165) is 0 Å². The molecule has 0 aliphatic heterocycles. The topological polar surface area (TPSA) is 52.4 Å². The molecule has 0 fully saturated rings. The van der Waals surface area contributed by atoms with E-state index < -0.39 is 4.92 Å². The van der Waals surface area contributed by atoms with Crippen LogP contribution < -0.4 is 4.74 Å². The lowest BCUT2D eigenvalue weighted by Crippen LogP contribution is -2.00. The molecule has 0 spiro atoms. The van der Waals surface area contributed by atoms with E-state index >= 15 is 0 Å². The van der Waals surface area contributed by atoms with Gasteiger partial charge in [0.1, 0.15) is 18.2 Å². The summed E-state index contributed by atoms with van der Waals surface area (Å²) in [5, 5.41) is 11.2. The maximum atomic E-state index is 12.7. The van der Waals surface area contributed by atoms with Gasteiger partial charge >= 0.3 is 0 Å². The smallest absolute Gasteiger partial charge is 0.277 e. The minimum Gasteiger partial charge on any atom is -0.489 e. The third-order valence-corrected chi connectivity index (χ3v) is 2.69. The summed E-state index contributed by atoms with van der Waals surface area (Å²) in [4.78, 5) is 10.4. The number of rotatable bonds is 4. The normalized spacial score (nSPS) is 10.2. The van der Waals surface area contributed by atoms with Gasteiger partial charge < -0.3 is 4.74 Å². The van der Waals surface area contributed by atoms with Crippen LogP contribution in [-0.4, -0.2) is 4.92 Å². The van der Waals surface area contributed by atoms with Crippen LogP contribution in [0.2, 0.25) is 5.02 Å². The van der Waals surface area contributed by atoms with Gasteiger partial charge in [-0.05, 0) is 36.4 Å². The number of ether oxygens (including phenoxy) is 1. The van der Waals surface area contributed by atoms with Crippen molar-refractivity contribution in [3.8, 4) is 5.75 Å². The molecule has 0 aliphatic carbocycles. The second kappa shape index (κ2) is 5.67. The Balaban J connectivity index is 2.15. The van der Waals surface area contributed by atoms with E-state index in [0.29, 0.717) is 11.3 Å². The van der Waals surface area contributed by atoms with Gasteiger partial charge in [0.2, 0.25) is 0 Å². The summed E-state index contributed by atoms with van der Waals surface area (Å²) >= 11 is 5.71. The molecule has 6 heteroatoms. The van der Waals surface area contributed by atoms with Crippen molar-refractivity contribution in [2.75, 3.05) is 0 Å². The van der Waals surface area contributed by atoms with Crippen molar-refractivity contribution in [2.24, 2.45) is 0 Å². The highest BCUT2D eigenvalue weighted by molar-refractivity contribution is 6.30. The highest BCUT2D eigenvalue weighted by atomic mass is 35.5. The van der Waals surface area contributed by atoms with Gasteiger partial charge in [0.05, 0.1) is 10.5 Å². The van der Waals surface area contributed by atoms with Gasteiger partial charge in [0.25, 0.3) is 5.69 Å². The number of nitro benzene ring substituents is 1. The summed E-state index contributed by atoms with van der Waals surface area (Å²) in [5.41, 5.74) is 0.299. The average molecular weight is 282 g/mol. The van der Waals surface area contributed by atoms with Crippen LogP contribution in [0.3, 0.4) is 0 Å². The largest absolute Gasteiger partial charge is 0.489 e. The summed E-state index contributed by atoms with van der Waals surface area (Å²) < 4.78 is 18.1. The molecule has 2 aromatic carbocycles. The van der Waals surface area contributed by atoms with E-state index in [9.17, 15) is 14.5 Å². The molecule has 0 bridgehead atoms. The van der Waals surface area contributed by atoms with Gasteiger partial charge in [0, 0.05) is 11.1 Å². The second-order valence-corrected chi connectivity index (χ2v) is 4.21. The SMILES string of the molecule is O=[N+]([O-])c1cc(Cl)ccc1COc1ccc(F)cc1. The van der Waals surface area contributed by atoms with Gasteiger partial charge in [-0.25, -0.2) is 4.39 Å². The number of hydrogen-bond donors (Lipinski definition) is 0. The summed E-state index contributed by atoms with van der Waals surface area (Å²) in [6, 6.07) is 9.78. The first-order valence-corrected chi connectivity index (χ1v) is 5.75. The maximum absolute atomic E-state index is 12.7. The van der Waals surface area contributed by atoms with Gasteiger partial charge in [-0.2, -0.15) is 0 Å². The molecule has 4 nitrogen and oxygen atoms in total. The van der Waals surface area contributed by atoms with Crippen LogP contribution in [0.15, 0.2) is 42.5 Å². The summed E-state index contributed by atoms with van der Waals surface area (Å²) in [7, 11) is 0. The molecule has 0 aliphatic rings. The Hall–Kier alpha value is -2.14. The van der Waals surface area contributed by atoms with Crippen LogP contribution in [0.5, 0.6) is 5.75 Å². The summed E-state index contributed by atoms with van der Waals surface area (Å²) in [6.07, 6.45) is 0. The Bertz CT molecular complexity index is 601. The molecule has 0 amide bonds. The third kappa shape index (κ3) is 3.42. The van der Waals surface area contributed by atoms with Gasteiger partial charge in [-0.15, -0.1) is 0 Å². The first-order chi connectivity index (χ1) is 9.06. The van der Waals surface area contributed by atoms with Crippen molar-refractivity contribution in [2.45, 2.75) is 6.61 Å². The quantitative estimate of drug-likeness (QED) is 0.629. The van der Waals surface area contributed by atoms with Crippen LogP contribution in [0.25, 0.3) is 0 Å². The molecule has 0 heterocycles. The molecule has 19 heavy (non-hydrogen) atoms. The maximum Gasteiger partial charge on any atom is 0.277 e. The lowest BCUT2D eigenvalue weighted by molar-refractivity contribution is -0.385. The monoisotopic (exact) mass is 281 g/mol. The van der Waals surface area contributed by atoms with Crippen molar-refractivity contribution < 1.29 is 14.1 Å². The molecule has 0 saturated carbocycles. The molecule has 2 aromatic rings. The van der Waals surface area contributed by atoms with E-state index in [1.165, 1.54) is 36.4 Å². The number of halogens is 2. The number of hydrogen-bond acceptors (Lipinski definition) is 3. The van der Waals surface area contributed by atoms with E-state index in [-0.39, 0.29) is 23.1 Å². The molecule has 0 aromatic heterocycles. The Morgan fingerprint density at radius 1 is 1.21 bits per heavy atom. The van der Waals surface area contributed by atoms with E-state index in [4.69, 9.17) is 16.3 Å². The van der Waals surface area contributed by atoms with Crippen LogP contribution >= 0.6 is 11.6 Å². The first-order valence-electron chi connectivity index (χ1n) is 5.37. The van der Waals surface area contributed by atoms with Crippen molar-refractivity contribution in [3.05, 3.63) is 69.0 Å². The zero-order chi connectivity index (χ0) is 13.8. The Kier molecular flexibility index (Phi) is 3.97. The fourth-order valence-electron chi connectivity index (χ4n) is 1.52. The van der Waals surface area contributed by atoms with Crippen LogP contribution in [0.1, 0.15) is 5.56 Å². The highest BCUT2D eigenvalue weighted by Gasteiger charge is 2.14. The molecule has 0 atom stereocenters. The lowest BCUT2D eigenvalue weighted by atomic mass is 10.2. The van der Waals surface area contributed by atoms with Crippen LogP contribution in [0, 0.1) is 15.9 Å². The Labute approximate surface area is 113 Å². The number of nitrogens with zero attached hydrogens (tertiary/aromatic N) is 1. The highest BCUT2D eigenvalue weighted by Crippen LogP contribution is 2.24. The van der Waals surface area contributed by atoms with Crippen molar-refractivity contribution in [3.63, 3.8) is 0 Å². The average Bonchev–Trinajstić information content (AvgIpc) is 2.39. The zero-order valence-corrected chi connectivity index (χ0v) is 10.4. The predicted octanol–water partition coefficient (Wildman–Crippen LogP) is 3.97. The third-order valence-electron chi connectivity index (χ3n) is 2.45. The molecule has 0 radical (unpaired) electrons. The lowest BCUT2D eigenvalue weighted by Gasteiger charge is -2.07. The Morgan fingerprint density at radius 3 is 2.53 bits per heavy atom. The zero-order valence-electron chi connectivity index (χ0n) is 9.68. The number of nitro groups is 1. The minimum atomic E-state index is -0.519. The van der Waals surface area contributed by atoms with Crippen molar-refractivity contribution in [1.29, 1.82) is 0 Å². The molecule has 98 valence electrons. The predicted molar refractivity (Wildman–Crippen MR) is 68.8 cm³/mol. The van der Waals surface area contributed by atoms with E-state index in [2.05, 4.69) is 0 Å². The first kappa shape index (κ1) is 13.3. The minimum absolute atomic E-state index is 0.0130. The fraction of sp³-hybridized carbons (Fsp3) is 0.0769. The summed E-state index contributed by atoms with van der Waals surface area (Å²) in [6.45, 7) is 0.0130. The standard InChI is InChI=1S/C13H9ClFNO3/c14-10-2-1-9(13(7-10)16(17)18)8-19-12-5-3-11(15)4-6-12/h1-7H,8H2. The second-order valence-electron chi connectivity index (χ2n) is 3.77. The molecular weight excluding hydrogens is 273 g/mol. The van der Waals surface area contributed by atoms with E-state index in [1.807, 2.05) is 0 Å². The Morgan fingerprint density at radius 2 is 1.89 bits per heavy atom. The molecule has 0 unspecified atom stereocenters. The van der Waals surface area contributed by atoms with Crippen molar-refractivity contribution in [1.82, 2.24) is 0 Å². The molecule has 0 saturated heterocycles. The van der Waals surface area contributed by atoms with E-state index in [1.54, 1.807) is 6.07 Å². The molecular formula is C13H9ClFNO3. The van der Waals surface area contributed by atoms with Crippen LogP contribution in [0.4, 0.5) is 10.1 Å². The molecule has 2 rings (SSSR count). The van der Waals surface area contributed by atoms with Gasteiger partial charge in [-0.1, -0.05) is 11.6 Å². The van der Waals surface area contributed by atoms with Gasteiger partial charge in [0.15, 0.2) is 0 Å². The van der Waals surface area contributed by atoms with Crippen LogP contribution in [-0.2, 0) is 6.61 Å². The van der Waals surface area contributed by atoms with Gasteiger partial charge in [-0.3, -0.25) is 10.1 Å².